The second kappa shape index (κ2) is 9.79. The molecule has 2 amide bonds. The number of likely N-dealkylation sites (tertiary alicyclic amines) is 1. The molecule has 1 N–H and O–H groups in total. The maximum atomic E-state index is 13.6. The van der Waals surface area contributed by atoms with Crippen molar-refractivity contribution >= 4 is 34.4 Å². The molecule has 0 bridgehead atoms. The van der Waals surface area contributed by atoms with Crippen molar-refractivity contribution in [3.05, 3.63) is 82.4 Å². The number of nitrogens with zero attached hydrogens (tertiary/aromatic N) is 5. The Bertz CT molecular complexity index is 1510. The van der Waals surface area contributed by atoms with Crippen LogP contribution in [0.1, 0.15) is 44.3 Å². The van der Waals surface area contributed by atoms with Gasteiger partial charge in [-0.2, -0.15) is 18.3 Å². The van der Waals surface area contributed by atoms with E-state index in [0.717, 1.165) is 24.3 Å². The molecule has 0 aliphatic carbocycles. The normalized spacial score (nSPS) is 18.1. The van der Waals surface area contributed by atoms with E-state index in [0.29, 0.717) is 33.8 Å². The first-order valence-electron chi connectivity index (χ1n) is 11.9. The Morgan fingerprint density at radius 1 is 1.13 bits per heavy atom. The molecule has 3 heterocycles. The van der Waals surface area contributed by atoms with Crippen molar-refractivity contribution in [2.75, 3.05) is 13.1 Å². The number of benzene rings is 2. The van der Waals surface area contributed by atoms with E-state index in [9.17, 15) is 22.8 Å². The van der Waals surface area contributed by atoms with Crippen LogP contribution in [-0.4, -0.2) is 55.2 Å². The molecule has 2 aromatic carbocycles. The minimum absolute atomic E-state index is 0.229. The number of rotatable bonds is 4. The summed E-state index contributed by atoms with van der Waals surface area (Å²) in [7, 11) is 2.96. The van der Waals surface area contributed by atoms with Gasteiger partial charge in [0.2, 0.25) is 0 Å². The van der Waals surface area contributed by atoms with E-state index < -0.39 is 29.4 Å². The predicted molar refractivity (Wildman–Crippen MR) is 135 cm³/mol. The smallest absolute Gasteiger partial charge is 0.348 e. The predicted octanol–water partition coefficient (Wildman–Crippen LogP) is 4.41. The van der Waals surface area contributed by atoms with Gasteiger partial charge in [-0.05, 0) is 24.1 Å². The number of hydrogen-bond donors (Lipinski definition) is 1. The average Bonchev–Trinajstić information content (AvgIpc) is 3.47. The number of aromatic nitrogens is 4. The summed E-state index contributed by atoms with van der Waals surface area (Å²) in [5.41, 5.74) is 0.941. The Hall–Kier alpha value is -3.86. The lowest BCUT2D eigenvalue weighted by Gasteiger charge is -2.39. The maximum absolute atomic E-state index is 13.6. The van der Waals surface area contributed by atoms with Gasteiger partial charge in [-0.15, -0.1) is 0 Å². The van der Waals surface area contributed by atoms with Crippen molar-refractivity contribution in [2.45, 2.75) is 24.6 Å². The number of imidazole rings is 1. The molecular formula is C26H24ClF3N6O2. The second-order valence-corrected chi connectivity index (χ2v) is 9.75. The van der Waals surface area contributed by atoms with Crippen LogP contribution >= 0.6 is 11.6 Å². The van der Waals surface area contributed by atoms with Crippen LogP contribution in [0.2, 0.25) is 5.02 Å². The van der Waals surface area contributed by atoms with Crippen molar-refractivity contribution in [1.82, 2.24) is 29.5 Å². The van der Waals surface area contributed by atoms with Gasteiger partial charge in [0.1, 0.15) is 5.52 Å². The number of amides is 2. The summed E-state index contributed by atoms with van der Waals surface area (Å²) >= 11 is 6.39. The molecule has 0 radical (unpaired) electrons. The molecule has 4 aromatic rings. The molecular weight excluding hydrogens is 521 g/mol. The van der Waals surface area contributed by atoms with E-state index >= 15 is 0 Å². The molecule has 0 saturated carbocycles. The molecule has 0 unspecified atom stereocenters. The van der Waals surface area contributed by atoms with Crippen LogP contribution in [0.25, 0.3) is 11.0 Å². The van der Waals surface area contributed by atoms with Crippen LogP contribution in [0.3, 0.4) is 0 Å². The van der Waals surface area contributed by atoms with Gasteiger partial charge in [0, 0.05) is 44.7 Å². The van der Waals surface area contributed by atoms with E-state index in [4.69, 9.17) is 11.6 Å². The highest BCUT2D eigenvalue weighted by Crippen LogP contribution is 2.33. The highest BCUT2D eigenvalue weighted by Gasteiger charge is 2.41. The SMILES string of the molecule is Cn1ncc(C(=O)N[C@@H]2CCN(C(=O)c3cc(Cl)c4ncn(C)c4c3)C[C@@H]2c2ccccc2)c1C(F)(F)F. The number of alkyl halides is 3. The Morgan fingerprint density at radius 2 is 1.87 bits per heavy atom. The Balaban J connectivity index is 1.41. The van der Waals surface area contributed by atoms with E-state index in [1.165, 1.54) is 0 Å². The minimum Gasteiger partial charge on any atom is -0.348 e. The van der Waals surface area contributed by atoms with Crippen LogP contribution in [0.4, 0.5) is 13.2 Å². The van der Waals surface area contributed by atoms with E-state index in [2.05, 4.69) is 15.4 Å². The van der Waals surface area contributed by atoms with Gasteiger partial charge < -0.3 is 14.8 Å². The first-order chi connectivity index (χ1) is 18.0. The number of piperidine rings is 1. The van der Waals surface area contributed by atoms with Crippen LogP contribution in [0, 0.1) is 0 Å². The Morgan fingerprint density at radius 3 is 2.58 bits per heavy atom. The highest BCUT2D eigenvalue weighted by molar-refractivity contribution is 6.35. The fourth-order valence-corrected chi connectivity index (χ4v) is 5.29. The lowest BCUT2D eigenvalue weighted by atomic mass is 9.85. The standard InChI is InChI=1S/C26H24ClF3N6O2/c1-34-14-31-22-19(27)10-16(11-21(22)34)25(38)36-9-8-20(18(13-36)15-6-4-3-5-7-15)33-24(37)17-12-32-35(2)23(17)26(28,29)30/h3-7,10-12,14,18,20H,8-9,13H2,1-2H3,(H,33,37)/t18-,20-/m1/s1. The van der Waals surface area contributed by atoms with E-state index in [1.54, 1.807) is 27.9 Å². The molecule has 12 heteroatoms. The minimum atomic E-state index is -4.73. The molecule has 5 rings (SSSR count). The van der Waals surface area contributed by atoms with Gasteiger partial charge in [-0.25, -0.2) is 4.98 Å². The topological polar surface area (TPSA) is 85.1 Å². The molecule has 8 nitrogen and oxygen atoms in total. The van der Waals surface area contributed by atoms with Gasteiger partial charge in [-0.3, -0.25) is 14.3 Å². The number of halogens is 4. The van der Waals surface area contributed by atoms with Crippen molar-refractivity contribution in [3.8, 4) is 0 Å². The van der Waals surface area contributed by atoms with Gasteiger partial charge >= 0.3 is 6.18 Å². The zero-order valence-electron chi connectivity index (χ0n) is 20.5. The fraction of sp³-hybridized carbons (Fsp3) is 0.308. The largest absolute Gasteiger partial charge is 0.433 e. The third-order valence-corrected chi connectivity index (χ3v) is 7.21. The molecule has 198 valence electrons. The third kappa shape index (κ3) is 4.73. The molecule has 2 aromatic heterocycles. The van der Waals surface area contributed by atoms with Gasteiger partial charge in [0.25, 0.3) is 11.8 Å². The molecule has 2 atom stereocenters. The number of hydrogen-bond acceptors (Lipinski definition) is 4. The lowest BCUT2D eigenvalue weighted by molar-refractivity contribution is -0.144. The third-order valence-electron chi connectivity index (χ3n) is 6.93. The van der Waals surface area contributed by atoms with Crippen molar-refractivity contribution in [3.63, 3.8) is 0 Å². The zero-order valence-corrected chi connectivity index (χ0v) is 21.3. The van der Waals surface area contributed by atoms with Crippen LogP contribution in [-0.2, 0) is 20.3 Å². The first-order valence-corrected chi connectivity index (χ1v) is 12.3. The maximum Gasteiger partial charge on any atom is 0.433 e. The number of nitrogens with one attached hydrogen (secondary N) is 1. The lowest BCUT2D eigenvalue weighted by Crippen LogP contribution is -2.51. The molecule has 1 aliphatic heterocycles. The number of carbonyl (C=O) groups is 2. The van der Waals surface area contributed by atoms with Crippen molar-refractivity contribution in [1.29, 1.82) is 0 Å². The van der Waals surface area contributed by atoms with Crippen LogP contribution in [0.15, 0.2) is 55.0 Å². The summed E-state index contributed by atoms with van der Waals surface area (Å²) in [6.07, 6.45) is -1.84. The Labute approximate surface area is 221 Å². The monoisotopic (exact) mass is 544 g/mol. The summed E-state index contributed by atoms with van der Waals surface area (Å²) in [5.74, 6) is -1.43. The summed E-state index contributed by atoms with van der Waals surface area (Å²) in [6, 6.07) is 12.1. The second-order valence-electron chi connectivity index (χ2n) is 9.35. The van der Waals surface area contributed by atoms with Crippen molar-refractivity contribution < 1.29 is 22.8 Å². The van der Waals surface area contributed by atoms with Crippen molar-refractivity contribution in [2.24, 2.45) is 14.1 Å². The number of carbonyl (C=O) groups excluding carboxylic acids is 2. The quantitative estimate of drug-likeness (QED) is 0.412. The van der Waals surface area contributed by atoms with Gasteiger partial charge in [0.15, 0.2) is 5.69 Å². The summed E-state index contributed by atoms with van der Waals surface area (Å²) in [6.45, 7) is 0.557. The first kappa shape index (κ1) is 25.8. The average molecular weight is 545 g/mol. The number of fused-ring (bicyclic) bond motifs is 1. The zero-order chi connectivity index (χ0) is 27.2. The molecule has 0 spiro atoms. The number of aryl methyl sites for hydroxylation is 2. The van der Waals surface area contributed by atoms with Crippen LogP contribution in [0.5, 0.6) is 0 Å². The highest BCUT2D eigenvalue weighted by atomic mass is 35.5. The Kier molecular flexibility index (Phi) is 6.64. The van der Waals surface area contributed by atoms with E-state index in [1.807, 2.05) is 37.4 Å². The molecule has 1 saturated heterocycles. The van der Waals surface area contributed by atoms with Gasteiger partial charge in [0.05, 0.1) is 28.6 Å². The molecule has 1 fully saturated rings. The summed E-state index contributed by atoms with van der Waals surface area (Å²) < 4.78 is 43.1. The fourth-order valence-electron chi connectivity index (χ4n) is 5.03. The van der Waals surface area contributed by atoms with Gasteiger partial charge in [-0.1, -0.05) is 41.9 Å². The molecule has 38 heavy (non-hydrogen) atoms. The van der Waals surface area contributed by atoms with E-state index in [-0.39, 0.29) is 18.4 Å². The summed E-state index contributed by atoms with van der Waals surface area (Å²) in [5, 5.41) is 6.79. The summed E-state index contributed by atoms with van der Waals surface area (Å²) in [4.78, 5) is 32.5. The van der Waals surface area contributed by atoms with Crippen LogP contribution < -0.4 is 5.32 Å². The molecule has 1 aliphatic rings.